The van der Waals surface area contributed by atoms with Crippen LogP contribution in [0.3, 0.4) is 0 Å². The number of hydrogen-bond acceptors (Lipinski definition) is 4. The van der Waals surface area contributed by atoms with E-state index < -0.39 is 6.04 Å². The Hall–Kier alpha value is -1.92. The summed E-state index contributed by atoms with van der Waals surface area (Å²) >= 11 is 0. The van der Waals surface area contributed by atoms with E-state index in [2.05, 4.69) is 5.32 Å². The number of nitrogens with zero attached hydrogens (tertiary/aromatic N) is 1. The number of carbonyl (C=O) groups is 2. The minimum atomic E-state index is -0.775. The number of hydrazine groups is 1. The first-order valence-electron chi connectivity index (χ1n) is 5.69. The minimum absolute atomic E-state index is 0.0114. The standard InChI is InChI=1S/C12H16N4O2/c1-16(14)12(18)11(13)8-2-4-9-7(6-8)3-5-10(17)15-9/h2,4,6,11H,3,5,13-14H2,1H3,(H,15,17). The van der Waals surface area contributed by atoms with Crippen molar-refractivity contribution in [3.05, 3.63) is 29.3 Å². The summed E-state index contributed by atoms with van der Waals surface area (Å²) in [7, 11) is 1.46. The zero-order valence-corrected chi connectivity index (χ0v) is 10.1. The molecule has 0 aliphatic carbocycles. The zero-order valence-electron chi connectivity index (χ0n) is 10.1. The number of fused-ring (bicyclic) bond motifs is 1. The van der Waals surface area contributed by atoms with Crippen LogP contribution in [0.15, 0.2) is 18.2 Å². The van der Waals surface area contributed by atoms with Crippen molar-refractivity contribution in [3.8, 4) is 0 Å². The highest BCUT2D eigenvalue weighted by molar-refractivity contribution is 5.94. The molecule has 1 aromatic carbocycles. The lowest BCUT2D eigenvalue weighted by molar-refractivity contribution is -0.131. The van der Waals surface area contributed by atoms with E-state index in [-0.39, 0.29) is 11.8 Å². The molecular formula is C12H16N4O2. The Bertz CT molecular complexity index is 499. The highest BCUT2D eigenvalue weighted by Gasteiger charge is 2.21. The number of aryl methyl sites for hydroxylation is 1. The average Bonchev–Trinajstić information content (AvgIpc) is 2.36. The molecule has 1 aromatic rings. The number of likely N-dealkylation sites (N-methyl/N-ethyl adjacent to an activating group) is 1. The van der Waals surface area contributed by atoms with Gasteiger partial charge < -0.3 is 11.1 Å². The third-order valence-electron chi connectivity index (χ3n) is 3.00. The molecule has 1 unspecified atom stereocenters. The summed E-state index contributed by atoms with van der Waals surface area (Å²) in [6, 6.07) is 4.57. The molecule has 0 saturated carbocycles. The Morgan fingerprint density at radius 2 is 2.17 bits per heavy atom. The molecule has 1 atom stereocenters. The first-order chi connectivity index (χ1) is 8.49. The van der Waals surface area contributed by atoms with Crippen molar-refractivity contribution < 1.29 is 9.59 Å². The Balaban J connectivity index is 2.26. The maximum Gasteiger partial charge on any atom is 0.257 e. The average molecular weight is 248 g/mol. The SMILES string of the molecule is CN(N)C(=O)C(N)c1ccc2c(c1)CCC(=O)N2. The Labute approximate surface area is 105 Å². The maximum atomic E-state index is 11.7. The second-order valence-corrected chi connectivity index (χ2v) is 4.39. The van der Waals surface area contributed by atoms with E-state index in [1.807, 2.05) is 6.07 Å². The first-order valence-corrected chi connectivity index (χ1v) is 5.69. The lowest BCUT2D eigenvalue weighted by atomic mass is 9.97. The van der Waals surface area contributed by atoms with Crippen LogP contribution in [-0.4, -0.2) is 23.9 Å². The number of rotatable bonds is 2. The van der Waals surface area contributed by atoms with Crippen LogP contribution in [0, 0.1) is 0 Å². The smallest absolute Gasteiger partial charge is 0.257 e. The molecule has 18 heavy (non-hydrogen) atoms. The van der Waals surface area contributed by atoms with Gasteiger partial charge in [0.05, 0.1) is 0 Å². The van der Waals surface area contributed by atoms with Gasteiger partial charge in [-0.25, -0.2) is 5.84 Å². The summed E-state index contributed by atoms with van der Waals surface area (Å²) in [5, 5.41) is 3.76. The third kappa shape index (κ3) is 2.34. The summed E-state index contributed by atoms with van der Waals surface area (Å²) < 4.78 is 0. The fraction of sp³-hybridized carbons (Fsp3) is 0.333. The molecule has 1 aliphatic rings. The summed E-state index contributed by atoms with van der Waals surface area (Å²) in [6.45, 7) is 0. The molecule has 0 spiro atoms. The molecule has 0 bridgehead atoms. The van der Waals surface area contributed by atoms with E-state index in [0.717, 1.165) is 16.3 Å². The van der Waals surface area contributed by atoms with Crippen LogP contribution >= 0.6 is 0 Å². The predicted octanol–water partition coefficient (Wildman–Crippen LogP) is -0.0968. The largest absolute Gasteiger partial charge is 0.326 e. The van der Waals surface area contributed by atoms with Crippen LogP contribution in [0.1, 0.15) is 23.6 Å². The minimum Gasteiger partial charge on any atom is -0.326 e. The molecule has 1 aliphatic heterocycles. The molecule has 96 valence electrons. The number of anilines is 1. The topological polar surface area (TPSA) is 101 Å². The number of amides is 2. The Kier molecular flexibility index (Phi) is 3.31. The third-order valence-corrected chi connectivity index (χ3v) is 3.00. The van der Waals surface area contributed by atoms with Crippen molar-refractivity contribution in [1.82, 2.24) is 5.01 Å². The second kappa shape index (κ2) is 4.75. The lowest BCUT2D eigenvalue weighted by Crippen LogP contribution is -2.40. The molecule has 6 nitrogen and oxygen atoms in total. The number of benzene rings is 1. The summed E-state index contributed by atoms with van der Waals surface area (Å²) in [4.78, 5) is 22.9. The molecule has 0 saturated heterocycles. The molecule has 0 fully saturated rings. The van der Waals surface area contributed by atoms with Gasteiger partial charge in [0.25, 0.3) is 5.91 Å². The number of carbonyl (C=O) groups excluding carboxylic acids is 2. The van der Waals surface area contributed by atoms with Gasteiger partial charge in [-0.15, -0.1) is 0 Å². The van der Waals surface area contributed by atoms with E-state index in [1.54, 1.807) is 12.1 Å². The van der Waals surface area contributed by atoms with Crippen molar-refractivity contribution in [2.75, 3.05) is 12.4 Å². The normalized spacial score (nSPS) is 15.6. The molecule has 2 amide bonds. The summed E-state index contributed by atoms with van der Waals surface area (Å²) in [5.74, 6) is 5.04. The van der Waals surface area contributed by atoms with Gasteiger partial charge in [0, 0.05) is 19.2 Å². The fourth-order valence-electron chi connectivity index (χ4n) is 1.96. The van der Waals surface area contributed by atoms with Crippen LogP contribution in [0.4, 0.5) is 5.69 Å². The van der Waals surface area contributed by atoms with Gasteiger partial charge >= 0.3 is 0 Å². The molecule has 0 aromatic heterocycles. The number of hydrogen-bond donors (Lipinski definition) is 3. The maximum absolute atomic E-state index is 11.7. The Morgan fingerprint density at radius 3 is 2.83 bits per heavy atom. The van der Waals surface area contributed by atoms with Gasteiger partial charge in [-0.05, 0) is 23.6 Å². The molecular weight excluding hydrogens is 232 g/mol. The quantitative estimate of drug-likeness (QED) is 0.386. The zero-order chi connectivity index (χ0) is 13.3. The van der Waals surface area contributed by atoms with E-state index >= 15 is 0 Å². The molecule has 1 heterocycles. The van der Waals surface area contributed by atoms with Crippen molar-refractivity contribution in [2.45, 2.75) is 18.9 Å². The van der Waals surface area contributed by atoms with E-state index in [1.165, 1.54) is 7.05 Å². The highest BCUT2D eigenvalue weighted by atomic mass is 16.2. The van der Waals surface area contributed by atoms with Crippen molar-refractivity contribution in [3.63, 3.8) is 0 Å². The van der Waals surface area contributed by atoms with Gasteiger partial charge in [0.2, 0.25) is 5.91 Å². The summed E-state index contributed by atoms with van der Waals surface area (Å²) in [5.41, 5.74) is 8.33. The fourth-order valence-corrected chi connectivity index (χ4v) is 1.96. The van der Waals surface area contributed by atoms with E-state index in [4.69, 9.17) is 11.6 Å². The number of nitrogens with one attached hydrogen (secondary N) is 1. The number of nitrogens with two attached hydrogens (primary N) is 2. The van der Waals surface area contributed by atoms with Crippen LogP contribution in [0.2, 0.25) is 0 Å². The van der Waals surface area contributed by atoms with Crippen molar-refractivity contribution in [2.24, 2.45) is 11.6 Å². The molecule has 0 radical (unpaired) electrons. The van der Waals surface area contributed by atoms with Crippen molar-refractivity contribution >= 4 is 17.5 Å². The van der Waals surface area contributed by atoms with Crippen LogP contribution in [0.5, 0.6) is 0 Å². The lowest BCUT2D eigenvalue weighted by Gasteiger charge is -2.20. The molecule has 5 N–H and O–H groups in total. The van der Waals surface area contributed by atoms with Gasteiger partial charge in [0.15, 0.2) is 0 Å². The van der Waals surface area contributed by atoms with Crippen LogP contribution < -0.4 is 16.9 Å². The summed E-state index contributed by atoms with van der Waals surface area (Å²) in [6.07, 6.45) is 1.12. The van der Waals surface area contributed by atoms with Gasteiger partial charge in [-0.1, -0.05) is 12.1 Å². The predicted molar refractivity (Wildman–Crippen MR) is 67.3 cm³/mol. The van der Waals surface area contributed by atoms with Gasteiger partial charge in [-0.2, -0.15) is 0 Å². The van der Waals surface area contributed by atoms with Crippen LogP contribution in [-0.2, 0) is 16.0 Å². The first kappa shape index (κ1) is 12.5. The van der Waals surface area contributed by atoms with Gasteiger partial charge in [-0.3, -0.25) is 14.6 Å². The van der Waals surface area contributed by atoms with E-state index in [9.17, 15) is 9.59 Å². The monoisotopic (exact) mass is 248 g/mol. The molecule has 6 heteroatoms. The van der Waals surface area contributed by atoms with E-state index in [0.29, 0.717) is 18.4 Å². The van der Waals surface area contributed by atoms with Crippen molar-refractivity contribution in [1.29, 1.82) is 0 Å². The Morgan fingerprint density at radius 1 is 1.44 bits per heavy atom. The highest BCUT2D eigenvalue weighted by Crippen LogP contribution is 2.25. The molecule has 2 rings (SSSR count). The van der Waals surface area contributed by atoms with Gasteiger partial charge in [0.1, 0.15) is 6.04 Å². The second-order valence-electron chi connectivity index (χ2n) is 4.39. The van der Waals surface area contributed by atoms with Crippen LogP contribution in [0.25, 0.3) is 0 Å².